The van der Waals surface area contributed by atoms with E-state index >= 15 is 0 Å². The summed E-state index contributed by atoms with van der Waals surface area (Å²) >= 11 is 0. The highest BCUT2D eigenvalue weighted by molar-refractivity contribution is 6.02. The van der Waals surface area contributed by atoms with Gasteiger partial charge in [0.25, 0.3) is 5.91 Å². The van der Waals surface area contributed by atoms with Gasteiger partial charge in [0.1, 0.15) is 12.4 Å². The number of para-hydroxylation sites is 1. The number of carboxylic acid groups (broad SMARTS) is 1. The first-order valence-electron chi connectivity index (χ1n) is 9.79. The normalized spacial score (nSPS) is 21.5. The summed E-state index contributed by atoms with van der Waals surface area (Å²) in [6.45, 7) is 0.394. The highest BCUT2D eigenvalue weighted by Gasteiger charge is 2.37. The van der Waals surface area contributed by atoms with Crippen LogP contribution in [-0.4, -0.2) is 71.6 Å². The molecule has 2 N–H and O–H groups in total. The van der Waals surface area contributed by atoms with Crippen molar-refractivity contribution in [2.24, 2.45) is 0 Å². The van der Waals surface area contributed by atoms with Crippen LogP contribution in [0.15, 0.2) is 48.5 Å². The van der Waals surface area contributed by atoms with Crippen LogP contribution >= 0.6 is 0 Å². The van der Waals surface area contributed by atoms with Crippen molar-refractivity contribution in [3.63, 3.8) is 0 Å². The number of ether oxygens (including phenoxy) is 1. The summed E-state index contributed by atoms with van der Waals surface area (Å²) in [6.07, 6.45) is -0.672. The van der Waals surface area contributed by atoms with Gasteiger partial charge in [0.2, 0.25) is 5.91 Å². The van der Waals surface area contributed by atoms with Crippen molar-refractivity contribution in [2.45, 2.75) is 18.5 Å². The number of carbonyl (C=O) groups is 3. The average Bonchev–Trinajstić information content (AvgIpc) is 3.13. The lowest BCUT2D eigenvalue weighted by atomic mass is 9.98. The minimum Gasteiger partial charge on any atom is -0.491 e. The Balaban J connectivity index is 1.74. The van der Waals surface area contributed by atoms with Gasteiger partial charge in [0.15, 0.2) is 0 Å². The molecule has 2 aliphatic rings. The second-order valence-corrected chi connectivity index (χ2v) is 7.60. The first kappa shape index (κ1) is 19.8. The monoisotopic (exact) mass is 409 g/mol. The molecule has 1 saturated heterocycles. The molecule has 4 rings (SSSR count). The molecule has 2 aromatic rings. The summed E-state index contributed by atoms with van der Waals surface area (Å²) in [5, 5.41) is 11.5. The van der Waals surface area contributed by atoms with Gasteiger partial charge in [-0.2, -0.15) is 0 Å². The molecule has 1 fully saturated rings. The first-order valence-corrected chi connectivity index (χ1v) is 9.79. The molecule has 0 aromatic heterocycles. The van der Waals surface area contributed by atoms with E-state index in [-0.39, 0.29) is 43.6 Å². The molecule has 2 atom stereocenters. The number of hydrogen-bond acceptors (Lipinski definition) is 4. The number of nitrogens with zero attached hydrogens (tertiary/aromatic N) is 2. The maximum absolute atomic E-state index is 13.1. The standard InChI is InChI=1S/C22H23N3O5/c1-24-12-20(26)25-11-14(23-22(28)29)10-15(25)13-30-19-9-5-4-7-17(19)16-6-2-3-8-18(16)21(24)27/h2-9,14-15,23H,10-13H2,1H3,(H,28,29)/t14-,15+/m1/s1. The van der Waals surface area contributed by atoms with E-state index in [2.05, 4.69) is 5.32 Å². The van der Waals surface area contributed by atoms with Crippen molar-refractivity contribution >= 4 is 17.9 Å². The fraction of sp³-hybridized carbons (Fsp3) is 0.318. The molecule has 0 bridgehead atoms. The van der Waals surface area contributed by atoms with Gasteiger partial charge in [-0.25, -0.2) is 4.79 Å². The van der Waals surface area contributed by atoms with Crippen LogP contribution in [0.2, 0.25) is 0 Å². The van der Waals surface area contributed by atoms with E-state index in [0.717, 1.165) is 11.1 Å². The molecule has 8 nitrogen and oxygen atoms in total. The predicted octanol–water partition coefficient (Wildman–Crippen LogP) is 2.06. The van der Waals surface area contributed by atoms with Gasteiger partial charge in [-0.15, -0.1) is 0 Å². The smallest absolute Gasteiger partial charge is 0.404 e. The van der Waals surface area contributed by atoms with Crippen molar-refractivity contribution in [1.29, 1.82) is 0 Å². The molecular formula is C22H23N3O5. The molecule has 156 valence electrons. The number of carbonyl (C=O) groups excluding carboxylic acids is 2. The lowest BCUT2D eigenvalue weighted by Crippen LogP contribution is -2.46. The molecule has 0 unspecified atom stereocenters. The SMILES string of the molecule is CN1CC(=O)N2C[C@H](NC(=O)O)C[C@H]2COc2ccccc2-c2ccccc2C1=O. The first-order chi connectivity index (χ1) is 14.4. The van der Waals surface area contributed by atoms with Crippen molar-refractivity contribution in [1.82, 2.24) is 15.1 Å². The van der Waals surface area contributed by atoms with Crippen LogP contribution in [0.4, 0.5) is 4.79 Å². The molecule has 3 amide bonds. The quantitative estimate of drug-likeness (QED) is 0.751. The van der Waals surface area contributed by atoms with Crippen molar-refractivity contribution in [2.75, 3.05) is 26.7 Å². The van der Waals surface area contributed by atoms with E-state index in [4.69, 9.17) is 9.84 Å². The molecule has 2 aromatic carbocycles. The number of amides is 3. The molecule has 30 heavy (non-hydrogen) atoms. The lowest BCUT2D eigenvalue weighted by Gasteiger charge is -2.28. The highest BCUT2D eigenvalue weighted by atomic mass is 16.5. The number of likely N-dealkylation sites (N-methyl/N-ethyl adjacent to an activating group) is 1. The van der Waals surface area contributed by atoms with E-state index in [9.17, 15) is 14.4 Å². The Labute approximate surface area is 174 Å². The fourth-order valence-electron chi connectivity index (χ4n) is 4.14. The molecule has 0 radical (unpaired) electrons. The highest BCUT2D eigenvalue weighted by Crippen LogP contribution is 2.34. The van der Waals surface area contributed by atoms with Crippen molar-refractivity contribution < 1.29 is 24.2 Å². The van der Waals surface area contributed by atoms with E-state index in [1.165, 1.54) is 4.90 Å². The zero-order chi connectivity index (χ0) is 21.3. The van der Waals surface area contributed by atoms with Gasteiger partial charge in [-0.1, -0.05) is 36.4 Å². The summed E-state index contributed by atoms with van der Waals surface area (Å²) in [5.74, 6) is 0.119. The minimum absolute atomic E-state index is 0.0922. The zero-order valence-corrected chi connectivity index (χ0v) is 16.6. The third-order valence-electron chi connectivity index (χ3n) is 5.55. The molecule has 0 saturated carbocycles. The molecule has 0 spiro atoms. The van der Waals surface area contributed by atoms with Crippen molar-refractivity contribution in [3.8, 4) is 16.9 Å². The molecule has 8 heteroatoms. The van der Waals surface area contributed by atoms with Gasteiger partial charge in [0, 0.05) is 24.7 Å². The number of nitrogens with one attached hydrogen (secondary N) is 1. The van der Waals surface area contributed by atoms with Crippen LogP contribution in [0.5, 0.6) is 5.75 Å². The maximum atomic E-state index is 13.1. The average molecular weight is 409 g/mol. The van der Waals surface area contributed by atoms with E-state index < -0.39 is 6.09 Å². The van der Waals surface area contributed by atoms with Crippen LogP contribution in [0, 0.1) is 0 Å². The van der Waals surface area contributed by atoms with Gasteiger partial charge in [-0.05, 0) is 24.1 Å². The Morgan fingerprint density at radius 2 is 1.73 bits per heavy atom. The van der Waals surface area contributed by atoms with Gasteiger partial charge in [-0.3, -0.25) is 9.59 Å². The third-order valence-corrected chi connectivity index (χ3v) is 5.55. The second kappa shape index (κ2) is 8.06. The van der Waals surface area contributed by atoms with Gasteiger partial charge >= 0.3 is 6.09 Å². The van der Waals surface area contributed by atoms with Crippen LogP contribution < -0.4 is 10.1 Å². The summed E-state index contributed by atoms with van der Waals surface area (Å²) < 4.78 is 6.10. The molecule has 2 heterocycles. The van der Waals surface area contributed by atoms with E-state index in [0.29, 0.717) is 17.7 Å². The Bertz CT molecular complexity index is 992. The van der Waals surface area contributed by atoms with E-state index in [1.807, 2.05) is 36.4 Å². The second-order valence-electron chi connectivity index (χ2n) is 7.60. The third kappa shape index (κ3) is 3.80. The summed E-state index contributed by atoms with van der Waals surface area (Å²) in [7, 11) is 1.60. The Morgan fingerprint density at radius 3 is 2.47 bits per heavy atom. The summed E-state index contributed by atoms with van der Waals surface area (Å²) in [6, 6.07) is 14.1. The van der Waals surface area contributed by atoms with Crippen LogP contribution in [0.25, 0.3) is 11.1 Å². The van der Waals surface area contributed by atoms with Crippen molar-refractivity contribution in [3.05, 3.63) is 54.1 Å². The minimum atomic E-state index is -1.13. The number of rotatable bonds is 1. The topological polar surface area (TPSA) is 99.2 Å². The van der Waals surface area contributed by atoms with Gasteiger partial charge < -0.3 is 25.0 Å². The van der Waals surface area contributed by atoms with Crippen LogP contribution in [-0.2, 0) is 4.79 Å². The maximum Gasteiger partial charge on any atom is 0.404 e. The molecule has 0 aliphatic carbocycles. The lowest BCUT2D eigenvalue weighted by molar-refractivity contribution is -0.133. The Kier molecular flexibility index (Phi) is 5.31. The summed E-state index contributed by atoms with van der Waals surface area (Å²) in [5.41, 5.74) is 2.03. The number of hydrogen-bond donors (Lipinski definition) is 2. The van der Waals surface area contributed by atoms with Crippen LogP contribution in [0.3, 0.4) is 0 Å². The Morgan fingerprint density at radius 1 is 1.07 bits per heavy atom. The van der Waals surface area contributed by atoms with Gasteiger partial charge in [0.05, 0.1) is 18.6 Å². The zero-order valence-electron chi connectivity index (χ0n) is 16.6. The predicted molar refractivity (Wildman–Crippen MR) is 109 cm³/mol. The van der Waals surface area contributed by atoms with Crippen LogP contribution in [0.1, 0.15) is 16.8 Å². The van der Waals surface area contributed by atoms with E-state index in [1.54, 1.807) is 24.1 Å². The number of benzene rings is 2. The largest absolute Gasteiger partial charge is 0.491 e. The molecular weight excluding hydrogens is 386 g/mol. The fourth-order valence-corrected chi connectivity index (χ4v) is 4.14. The summed E-state index contributed by atoms with van der Waals surface area (Å²) in [4.78, 5) is 40.2. The Hall–Kier alpha value is -3.55. The number of fused-ring (bicyclic) bond motifs is 4. The molecule has 2 aliphatic heterocycles.